The molecule has 0 aromatic heterocycles. The van der Waals surface area contributed by atoms with Crippen molar-refractivity contribution in [1.82, 2.24) is 0 Å². The van der Waals surface area contributed by atoms with Crippen LogP contribution >= 0.6 is 0 Å². The van der Waals surface area contributed by atoms with Crippen LogP contribution in [0.25, 0.3) is 0 Å². The minimum absolute atomic E-state index is 0.0805. The van der Waals surface area contributed by atoms with Gasteiger partial charge in [-0.1, -0.05) is 142 Å². The molecule has 0 amide bonds. The Kier molecular flexibility index (Phi) is 28.5. The summed E-state index contributed by atoms with van der Waals surface area (Å²) < 4.78 is 102. The van der Waals surface area contributed by atoms with Crippen molar-refractivity contribution in [3.63, 3.8) is 0 Å². The van der Waals surface area contributed by atoms with Crippen LogP contribution in [-0.2, 0) is 16.1 Å². The minimum atomic E-state index is -2.32. The molecule has 9 nitrogen and oxygen atoms in total. The Bertz CT molecular complexity index is 2170. The number of hydrogen-bond acceptors (Lipinski definition) is 9. The van der Waals surface area contributed by atoms with Gasteiger partial charge in [0.2, 0.25) is 34.8 Å². The number of benzene rings is 4. The van der Waals surface area contributed by atoms with E-state index in [0.717, 1.165) is 64.2 Å². The fraction of sp³-hybridized carbons (Fsp3) is 0.534. The highest BCUT2D eigenvalue weighted by Crippen LogP contribution is 2.31. The standard InChI is InChI=1S/C58H75F5O9/c1-3-5-7-9-11-17-21-25-39-68-46-32-28-43(29-33-46)57(65)70-48-36-37-49(71-58(66)44-30-34-47(35-31-44)69-40-26-22-18-12-10-8-6-4-2)45(41-48)42-67-38-24-20-16-14-13-15-19-23-27-50(64)72-56-54(62)52(60)51(59)53(61)55(56)63/h28-37,41H,3-27,38-40,42H2,1-2H3. The van der Waals surface area contributed by atoms with Crippen LogP contribution in [0.4, 0.5) is 22.0 Å². The van der Waals surface area contributed by atoms with Gasteiger partial charge >= 0.3 is 17.9 Å². The Balaban J connectivity index is 1.22. The first kappa shape index (κ1) is 59.1. The van der Waals surface area contributed by atoms with E-state index in [0.29, 0.717) is 60.9 Å². The molecule has 4 aromatic rings. The second-order valence-corrected chi connectivity index (χ2v) is 18.2. The minimum Gasteiger partial charge on any atom is -0.494 e. The Morgan fingerprint density at radius 1 is 0.403 bits per heavy atom. The molecule has 0 fully saturated rings. The summed E-state index contributed by atoms with van der Waals surface area (Å²) in [6.45, 7) is 6.15. The van der Waals surface area contributed by atoms with Gasteiger partial charge in [0.1, 0.15) is 23.0 Å². The highest BCUT2D eigenvalue weighted by atomic mass is 19.2. The summed E-state index contributed by atoms with van der Waals surface area (Å²) in [7, 11) is 0. The van der Waals surface area contributed by atoms with Crippen molar-refractivity contribution in [1.29, 1.82) is 0 Å². The smallest absolute Gasteiger partial charge is 0.343 e. The Morgan fingerprint density at radius 2 is 0.792 bits per heavy atom. The lowest BCUT2D eigenvalue weighted by atomic mass is 10.1. The molecule has 0 saturated carbocycles. The van der Waals surface area contributed by atoms with Crippen LogP contribution in [-0.4, -0.2) is 37.7 Å². The molecule has 0 bridgehead atoms. The first-order chi connectivity index (χ1) is 35.0. The molecular formula is C58H75F5O9. The summed E-state index contributed by atoms with van der Waals surface area (Å²) >= 11 is 0. The van der Waals surface area contributed by atoms with Crippen LogP contribution in [0, 0.1) is 29.1 Å². The number of hydrogen-bond donors (Lipinski definition) is 0. The van der Waals surface area contributed by atoms with Crippen LogP contribution < -0.4 is 23.7 Å². The second kappa shape index (κ2) is 34.8. The molecule has 0 aliphatic heterocycles. The van der Waals surface area contributed by atoms with Crippen molar-refractivity contribution < 1.29 is 64.8 Å². The Hall–Kier alpha value is -5.50. The molecule has 72 heavy (non-hydrogen) atoms. The quantitative estimate of drug-likeness (QED) is 0.0108. The van der Waals surface area contributed by atoms with E-state index in [4.69, 9.17) is 23.7 Å². The van der Waals surface area contributed by atoms with Crippen LogP contribution in [0.5, 0.6) is 28.7 Å². The van der Waals surface area contributed by atoms with E-state index in [9.17, 15) is 36.3 Å². The van der Waals surface area contributed by atoms with Crippen molar-refractivity contribution >= 4 is 17.9 Å². The lowest BCUT2D eigenvalue weighted by Crippen LogP contribution is -2.13. The maximum atomic E-state index is 13.8. The summed E-state index contributed by atoms with van der Waals surface area (Å²) in [6.07, 6.45) is 25.1. The van der Waals surface area contributed by atoms with Crippen LogP contribution in [0.2, 0.25) is 0 Å². The van der Waals surface area contributed by atoms with E-state index in [1.807, 2.05) is 0 Å². The SMILES string of the molecule is CCCCCCCCCCOc1ccc(C(=O)Oc2ccc(OC(=O)c3ccc(OCCCCCCCCCC)cc3)c(COCCCCCCCCCCC(=O)Oc3c(F)c(F)c(F)c(F)c3F)c2)cc1. The number of esters is 3. The van der Waals surface area contributed by atoms with Crippen LogP contribution in [0.3, 0.4) is 0 Å². The zero-order valence-corrected chi connectivity index (χ0v) is 42.4. The van der Waals surface area contributed by atoms with Crippen molar-refractivity contribution in [3.8, 4) is 28.7 Å². The van der Waals surface area contributed by atoms with Crippen molar-refractivity contribution in [3.05, 3.63) is 113 Å². The molecule has 0 aliphatic carbocycles. The van der Waals surface area contributed by atoms with Gasteiger partial charge in [0.15, 0.2) is 0 Å². The van der Waals surface area contributed by atoms with E-state index >= 15 is 0 Å². The normalized spacial score (nSPS) is 11.2. The van der Waals surface area contributed by atoms with Crippen LogP contribution in [0.1, 0.15) is 201 Å². The zero-order chi connectivity index (χ0) is 51.8. The molecule has 0 atom stereocenters. The van der Waals surface area contributed by atoms with Gasteiger partial charge in [-0.05, 0) is 92.4 Å². The van der Waals surface area contributed by atoms with Gasteiger partial charge in [-0.15, -0.1) is 0 Å². The molecular weight excluding hydrogens is 936 g/mol. The number of unbranched alkanes of at least 4 members (excludes halogenated alkanes) is 21. The van der Waals surface area contributed by atoms with E-state index < -0.39 is 52.7 Å². The molecule has 0 saturated heterocycles. The first-order valence-electron chi connectivity index (χ1n) is 26.3. The molecule has 14 heteroatoms. The molecule has 396 valence electrons. The fourth-order valence-electron chi connectivity index (χ4n) is 7.94. The Morgan fingerprint density at radius 3 is 1.26 bits per heavy atom. The monoisotopic (exact) mass is 1010 g/mol. The maximum Gasteiger partial charge on any atom is 0.343 e. The molecule has 0 radical (unpaired) electrons. The zero-order valence-electron chi connectivity index (χ0n) is 42.4. The van der Waals surface area contributed by atoms with E-state index in [2.05, 4.69) is 18.6 Å². The van der Waals surface area contributed by atoms with Crippen molar-refractivity contribution in [2.75, 3.05) is 19.8 Å². The summed E-state index contributed by atoms with van der Waals surface area (Å²) in [5.41, 5.74) is 1.21. The lowest BCUT2D eigenvalue weighted by molar-refractivity contribution is -0.135. The van der Waals surface area contributed by atoms with Gasteiger partial charge in [0.25, 0.3) is 0 Å². The average Bonchev–Trinajstić information content (AvgIpc) is 3.39. The molecule has 0 N–H and O–H groups in total. The highest BCUT2D eigenvalue weighted by Gasteiger charge is 2.28. The van der Waals surface area contributed by atoms with Crippen molar-refractivity contribution in [2.45, 2.75) is 181 Å². The summed E-state index contributed by atoms with van der Waals surface area (Å²) in [5, 5.41) is 0. The Labute approximate surface area is 423 Å². The summed E-state index contributed by atoms with van der Waals surface area (Å²) in [4.78, 5) is 38.6. The first-order valence-corrected chi connectivity index (χ1v) is 26.3. The van der Waals surface area contributed by atoms with E-state index in [-0.39, 0.29) is 24.5 Å². The fourth-order valence-corrected chi connectivity index (χ4v) is 7.94. The number of halogens is 5. The summed E-state index contributed by atoms with van der Waals surface area (Å²) in [5.74, 6) is -13.0. The third-order valence-corrected chi connectivity index (χ3v) is 12.2. The highest BCUT2D eigenvalue weighted by molar-refractivity contribution is 5.92. The topological polar surface area (TPSA) is 107 Å². The van der Waals surface area contributed by atoms with Gasteiger partial charge < -0.3 is 28.4 Å². The molecule has 0 heterocycles. The van der Waals surface area contributed by atoms with Crippen LogP contribution in [0.15, 0.2) is 66.7 Å². The molecule has 4 rings (SSSR count). The molecule has 0 aliphatic rings. The number of rotatable bonds is 38. The van der Waals surface area contributed by atoms with E-state index in [1.54, 1.807) is 66.7 Å². The van der Waals surface area contributed by atoms with Crippen molar-refractivity contribution in [2.24, 2.45) is 0 Å². The number of ether oxygens (including phenoxy) is 6. The van der Waals surface area contributed by atoms with Gasteiger partial charge in [-0.3, -0.25) is 4.79 Å². The predicted octanol–water partition coefficient (Wildman–Crippen LogP) is 16.5. The summed E-state index contributed by atoms with van der Waals surface area (Å²) in [6, 6.07) is 18.5. The third kappa shape index (κ3) is 22.1. The number of carbonyl (C=O) groups excluding carboxylic acids is 3. The van der Waals surface area contributed by atoms with E-state index in [1.165, 1.54) is 77.0 Å². The lowest BCUT2D eigenvalue weighted by Gasteiger charge is -2.13. The van der Waals surface area contributed by atoms with Gasteiger partial charge in [-0.25, -0.2) is 22.8 Å². The maximum absolute atomic E-state index is 13.8. The average molecular weight is 1010 g/mol. The predicted molar refractivity (Wildman–Crippen MR) is 269 cm³/mol. The largest absolute Gasteiger partial charge is 0.494 e. The molecule has 0 unspecified atom stereocenters. The second-order valence-electron chi connectivity index (χ2n) is 18.2. The third-order valence-electron chi connectivity index (χ3n) is 12.2. The van der Waals surface area contributed by atoms with Gasteiger partial charge in [-0.2, -0.15) is 8.78 Å². The van der Waals surface area contributed by atoms with Gasteiger partial charge in [0, 0.05) is 18.6 Å². The van der Waals surface area contributed by atoms with Gasteiger partial charge in [0.05, 0.1) is 30.9 Å². The molecule has 0 spiro atoms. The number of carbonyl (C=O) groups is 3. The molecule has 4 aromatic carbocycles.